The molecule has 0 amide bonds. The SMILES string of the molecule is CC/C=C\C/C=C\C/C=C\C/C=C\C/C=C\C/C=C\CCC(=O)OCC(COCCCCCCC/C=C\C/C=C\C/C=C\C/C=C\CC)OC(=O)CCCCCC/C=C\C/C=C\C/C=C\C/C=C\CC. The molecule has 0 aliphatic heterocycles. The van der Waals surface area contributed by atoms with Gasteiger partial charge >= 0.3 is 11.9 Å². The highest BCUT2D eigenvalue weighted by Crippen LogP contribution is 2.11. The van der Waals surface area contributed by atoms with Crippen LogP contribution in [0.25, 0.3) is 0 Å². The maximum Gasteiger partial charge on any atom is 0.306 e. The predicted molar refractivity (Wildman–Crippen MR) is 306 cm³/mol. The van der Waals surface area contributed by atoms with Crippen LogP contribution in [0.15, 0.2) is 170 Å². The largest absolute Gasteiger partial charge is 0.462 e. The van der Waals surface area contributed by atoms with E-state index in [2.05, 4.69) is 185 Å². The Kier molecular flexibility index (Phi) is 54.6. The second-order valence-corrected chi connectivity index (χ2v) is 17.3. The minimum atomic E-state index is -0.605. The number of hydrogen-bond donors (Lipinski definition) is 0. The van der Waals surface area contributed by atoms with Crippen LogP contribution < -0.4 is 0 Å². The Labute approximate surface area is 430 Å². The molecule has 70 heavy (non-hydrogen) atoms. The van der Waals surface area contributed by atoms with Gasteiger partial charge in [0, 0.05) is 19.4 Å². The molecule has 0 aromatic heterocycles. The first-order valence-electron chi connectivity index (χ1n) is 27.7. The second-order valence-electron chi connectivity index (χ2n) is 17.3. The molecule has 0 bridgehead atoms. The number of ether oxygens (including phenoxy) is 3. The van der Waals surface area contributed by atoms with Crippen molar-refractivity contribution in [1.29, 1.82) is 0 Å². The lowest BCUT2D eigenvalue weighted by atomic mass is 10.1. The molecular formula is C65H100O5. The first-order chi connectivity index (χ1) is 34.6. The predicted octanol–water partition coefficient (Wildman–Crippen LogP) is 19.2. The van der Waals surface area contributed by atoms with Gasteiger partial charge in [-0.2, -0.15) is 0 Å². The lowest BCUT2D eigenvalue weighted by molar-refractivity contribution is -0.162. The zero-order valence-corrected chi connectivity index (χ0v) is 44.7. The van der Waals surface area contributed by atoms with Gasteiger partial charge in [-0.25, -0.2) is 0 Å². The van der Waals surface area contributed by atoms with Gasteiger partial charge in [-0.3, -0.25) is 9.59 Å². The van der Waals surface area contributed by atoms with Gasteiger partial charge in [-0.1, -0.05) is 223 Å². The van der Waals surface area contributed by atoms with Crippen LogP contribution in [0.2, 0.25) is 0 Å². The third-order valence-corrected chi connectivity index (χ3v) is 10.7. The van der Waals surface area contributed by atoms with Crippen LogP contribution in [-0.2, 0) is 23.8 Å². The number of hydrogen-bond acceptors (Lipinski definition) is 5. The number of esters is 2. The van der Waals surface area contributed by atoms with Crippen molar-refractivity contribution >= 4 is 11.9 Å². The van der Waals surface area contributed by atoms with E-state index in [1.807, 2.05) is 6.08 Å². The minimum Gasteiger partial charge on any atom is -0.462 e. The van der Waals surface area contributed by atoms with Gasteiger partial charge in [0.1, 0.15) is 6.61 Å². The summed E-state index contributed by atoms with van der Waals surface area (Å²) in [5.41, 5.74) is 0. The number of carbonyl (C=O) groups is 2. The summed E-state index contributed by atoms with van der Waals surface area (Å²) in [7, 11) is 0. The maximum atomic E-state index is 12.8. The standard InChI is InChI=1S/C65H100O5/c1-4-7-10-13-16-19-22-25-28-31-33-35-37-40-43-46-49-52-55-58-64(66)69-62-63(61-68-60-57-54-51-48-45-42-39-36-32-29-26-23-20-17-14-11-8-5-2)70-65(67)59-56-53-50-47-44-41-38-34-30-27-24-21-18-15-12-9-6-3/h7-12,16-21,25-30,33,35-36,38-41,43,49,52,63H,4-6,13-15,22-24,31-32,34,37,42,44-48,50-51,53-62H2,1-3H3/b10-7-,11-8-,12-9-,19-16-,20-17-,21-18-,28-25-,29-26-,30-27-,35-33-,39-36-,41-38-,43-40-,52-49-. The maximum absolute atomic E-state index is 12.8. The van der Waals surface area contributed by atoms with Crippen molar-refractivity contribution in [2.24, 2.45) is 0 Å². The van der Waals surface area contributed by atoms with E-state index in [1.165, 1.54) is 19.3 Å². The Morgan fingerprint density at radius 1 is 0.314 bits per heavy atom. The van der Waals surface area contributed by atoms with Crippen LogP contribution >= 0.6 is 0 Å². The Balaban J connectivity index is 4.53. The van der Waals surface area contributed by atoms with Gasteiger partial charge < -0.3 is 14.2 Å². The van der Waals surface area contributed by atoms with Crippen molar-refractivity contribution in [1.82, 2.24) is 0 Å². The summed E-state index contributed by atoms with van der Waals surface area (Å²) in [6.45, 7) is 7.31. The molecule has 0 rings (SSSR count). The summed E-state index contributed by atoms with van der Waals surface area (Å²) in [6.07, 6.45) is 88.1. The summed E-state index contributed by atoms with van der Waals surface area (Å²) < 4.78 is 17.3. The molecule has 0 spiro atoms. The van der Waals surface area contributed by atoms with E-state index in [0.717, 1.165) is 141 Å². The van der Waals surface area contributed by atoms with Gasteiger partial charge in [-0.05, 0) is 135 Å². The van der Waals surface area contributed by atoms with E-state index in [-0.39, 0.29) is 31.6 Å². The van der Waals surface area contributed by atoms with Gasteiger partial charge in [0.2, 0.25) is 0 Å². The number of carbonyl (C=O) groups excluding carboxylic acids is 2. The monoisotopic (exact) mass is 961 g/mol. The van der Waals surface area contributed by atoms with Gasteiger partial charge in [0.15, 0.2) is 6.10 Å². The molecule has 0 fully saturated rings. The summed E-state index contributed by atoms with van der Waals surface area (Å²) in [5, 5.41) is 0. The van der Waals surface area contributed by atoms with Crippen molar-refractivity contribution in [2.75, 3.05) is 19.8 Å². The van der Waals surface area contributed by atoms with Crippen molar-refractivity contribution in [3.8, 4) is 0 Å². The van der Waals surface area contributed by atoms with E-state index in [0.29, 0.717) is 19.4 Å². The third-order valence-electron chi connectivity index (χ3n) is 10.7. The molecule has 0 aromatic rings. The zero-order valence-electron chi connectivity index (χ0n) is 44.7. The third kappa shape index (κ3) is 55.9. The van der Waals surface area contributed by atoms with Crippen LogP contribution in [0.4, 0.5) is 0 Å². The number of unbranched alkanes of at least 4 members (excludes halogenated alkanes) is 9. The van der Waals surface area contributed by atoms with Crippen LogP contribution in [0.5, 0.6) is 0 Å². The van der Waals surface area contributed by atoms with Crippen molar-refractivity contribution in [3.05, 3.63) is 170 Å². The smallest absolute Gasteiger partial charge is 0.306 e. The minimum absolute atomic E-state index is 0.0144. The quantitative estimate of drug-likeness (QED) is 0.0345. The van der Waals surface area contributed by atoms with E-state index in [4.69, 9.17) is 14.2 Å². The summed E-state index contributed by atoms with van der Waals surface area (Å²) in [4.78, 5) is 25.5. The Morgan fingerprint density at radius 3 is 1.01 bits per heavy atom. The van der Waals surface area contributed by atoms with Crippen LogP contribution in [0.3, 0.4) is 0 Å². The van der Waals surface area contributed by atoms with Crippen LogP contribution in [0, 0.1) is 0 Å². The molecule has 0 aliphatic rings. The van der Waals surface area contributed by atoms with Crippen LogP contribution in [-0.4, -0.2) is 37.9 Å². The summed E-state index contributed by atoms with van der Waals surface area (Å²) in [6, 6.07) is 0. The Bertz CT molecular complexity index is 1600. The molecule has 0 radical (unpaired) electrons. The van der Waals surface area contributed by atoms with Crippen molar-refractivity contribution < 1.29 is 23.8 Å². The zero-order chi connectivity index (χ0) is 50.6. The summed E-state index contributed by atoms with van der Waals surface area (Å²) >= 11 is 0. The van der Waals surface area contributed by atoms with Gasteiger partial charge in [0.05, 0.1) is 6.61 Å². The first-order valence-corrected chi connectivity index (χ1v) is 27.7. The fourth-order valence-corrected chi connectivity index (χ4v) is 6.75. The molecule has 0 aliphatic carbocycles. The first kappa shape index (κ1) is 65.3. The van der Waals surface area contributed by atoms with E-state index in [9.17, 15) is 9.59 Å². The van der Waals surface area contributed by atoms with Crippen molar-refractivity contribution in [3.63, 3.8) is 0 Å². The molecule has 5 heteroatoms. The molecule has 0 N–H and O–H groups in total. The Morgan fingerprint density at radius 2 is 0.629 bits per heavy atom. The van der Waals surface area contributed by atoms with Crippen LogP contribution in [0.1, 0.15) is 201 Å². The molecule has 5 nitrogen and oxygen atoms in total. The van der Waals surface area contributed by atoms with Gasteiger partial charge in [0.25, 0.3) is 0 Å². The molecular weight excluding hydrogens is 861 g/mol. The number of allylic oxidation sites excluding steroid dienone is 28. The normalized spacial score (nSPS) is 13.6. The number of rotatable bonds is 48. The van der Waals surface area contributed by atoms with Crippen molar-refractivity contribution in [2.45, 2.75) is 207 Å². The topological polar surface area (TPSA) is 61.8 Å². The molecule has 390 valence electrons. The molecule has 0 saturated carbocycles. The lowest BCUT2D eigenvalue weighted by Crippen LogP contribution is -2.30. The fourth-order valence-electron chi connectivity index (χ4n) is 6.75. The molecule has 1 atom stereocenters. The molecule has 0 saturated heterocycles. The van der Waals surface area contributed by atoms with Gasteiger partial charge in [-0.15, -0.1) is 0 Å². The van der Waals surface area contributed by atoms with E-state index < -0.39 is 6.10 Å². The highest BCUT2D eigenvalue weighted by atomic mass is 16.6. The van der Waals surface area contributed by atoms with E-state index in [1.54, 1.807) is 0 Å². The summed E-state index contributed by atoms with van der Waals surface area (Å²) in [5.74, 6) is -0.547. The average molecular weight is 962 g/mol. The Hall–Kier alpha value is -4.74. The molecule has 1 unspecified atom stereocenters. The fraction of sp³-hybridized carbons (Fsp3) is 0.538. The van der Waals surface area contributed by atoms with E-state index >= 15 is 0 Å². The lowest BCUT2D eigenvalue weighted by Gasteiger charge is -2.18. The molecule has 0 aromatic carbocycles. The second kappa shape index (κ2) is 58.6. The highest BCUT2D eigenvalue weighted by Gasteiger charge is 2.17. The molecule has 0 heterocycles. The highest BCUT2D eigenvalue weighted by molar-refractivity contribution is 5.70. The average Bonchev–Trinajstić information content (AvgIpc) is 3.36.